The predicted octanol–water partition coefficient (Wildman–Crippen LogP) is 2.33. The molecule has 0 saturated carbocycles. The van der Waals surface area contributed by atoms with Gasteiger partial charge in [0, 0.05) is 12.2 Å². The fourth-order valence-electron chi connectivity index (χ4n) is 2.19. The smallest absolute Gasteiger partial charge is 0.341 e. The summed E-state index contributed by atoms with van der Waals surface area (Å²) in [6.45, 7) is 3.68. The molecule has 0 bridgehead atoms. The highest BCUT2D eigenvalue weighted by atomic mass is 16.5. The number of esters is 1. The van der Waals surface area contributed by atoms with Crippen molar-refractivity contribution < 1.29 is 14.3 Å². The molecule has 0 aliphatic rings. The maximum absolute atomic E-state index is 11.9. The van der Waals surface area contributed by atoms with E-state index in [1.165, 1.54) is 6.20 Å². The molecule has 1 amide bonds. The standard InChI is InChI=1S/C17H21N3O3/c1-3-7-13(2)19-16(21)12-23-17(22)14-10-18-20(11-14)15-8-5-4-6-9-15/h4-6,8-11,13H,3,7,12H2,1-2H3,(H,19,21). The van der Waals surface area contributed by atoms with Gasteiger partial charge in [0.25, 0.3) is 5.91 Å². The first-order chi connectivity index (χ1) is 11.1. The molecular weight excluding hydrogens is 294 g/mol. The summed E-state index contributed by atoms with van der Waals surface area (Å²) in [5, 5.41) is 6.90. The Labute approximate surface area is 135 Å². The molecule has 1 atom stereocenters. The van der Waals surface area contributed by atoms with E-state index >= 15 is 0 Å². The van der Waals surface area contributed by atoms with E-state index in [1.807, 2.05) is 44.2 Å². The first-order valence-corrected chi connectivity index (χ1v) is 7.66. The normalized spacial score (nSPS) is 11.7. The molecule has 0 saturated heterocycles. The SMILES string of the molecule is CCCC(C)NC(=O)COC(=O)c1cnn(-c2ccccc2)c1. The van der Waals surface area contributed by atoms with Crippen molar-refractivity contribution in [2.45, 2.75) is 32.7 Å². The average molecular weight is 315 g/mol. The average Bonchev–Trinajstić information content (AvgIpc) is 3.03. The van der Waals surface area contributed by atoms with Crippen molar-refractivity contribution in [1.82, 2.24) is 15.1 Å². The minimum absolute atomic E-state index is 0.0760. The van der Waals surface area contributed by atoms with E-state index in [1.54, 1.807) is 10.9 Å². The number of nitrogens with one attached hydrogen (secondary N) is 1. The quantitative estimate of drug-likeness (QED) is 0.796. The summed E-state index contributed by atoms with van der Waals surface area (Å²) in [5.41, 5.74) is 1.15. The molecule has 2 rings (SSSR count). The third-order valence-corrected chi connectivity index (χ3v) is 3.30. The van der Waals surface area contributed by atoms with Crippen molar-refractivity contribution >= 4 is 11.9 Å². The number of carbonyl (C=O) groups is 2. The number of rotatable bonds is 7. The molecule has 1 aromatic carbocycles. The number of benzene rings is 1. The molecule has 0 radical (unpaired) electrons. The van der Waals surface area contributed by atoms with Crippen LogP contribution in [-0.2, 0) is 9.53 Å². The Hall–Kier alpha value is -2.63. The lowest BCUT2D eigenvalue weighted by molar-refractivity contribution is -0.124. The first kappa shape index (κ1) is 16.7. The van der Waals surface area contributed by atoms with Gasteiger partial charge in [-0.3, -0.25) is 4.79 Å². The molecule has 1 aromatic heterocycles. The van der Waals surface area contributed by atoms with Gasteiger partial charge in [-0.05, 0) is 25.5 Å². The Kier molecular flexibility index (Phi) is 5.91. The Morgan fingerprint density at radius 1 is 1.30 bits per heavy atom. The van der Waals surface area contributed by atoms with Gasteiger partial charge in [0.05, 0.1) is 17.4 Å². The molecule has 0 aliphatic carbocycles. The Balaban J connectivity index is 1.87. The topological polar surface area (TPSA) is 73.2 Å². The van der Waals surface area contributed by atoms with Crippen LogP contribution in [0.5, 0.6) is 0 Å². The molecule has 0 fully saturated rings. The van der Waals surface area contributed by atoms with E-state index in [2.05, 4.69) is 10.4 Å². The van der Waals surface area contributed by atoms with Crippen LogP contribution in [0.15, 0.2) is 42.7 Å². The van der Waals surface area contributed by atoms with Crippen LogP contribution in [0, 0.1) is 0 Å². The maximum atomic E-state index is 11.9. The van der Waals surface area contributed by atoms with Crippen LogP contribution in [-0.4, -0.2) is 34.3 Å². The second-order valence-corrected chi connectivity index (χ2v) is 5.34. The van der Waals surface area contributed by atoms with E-state index in [-0.39, 0.29) is 18.6 Å². The summed E-state index contributed by atoms with van der Waals surface area (Å²) < 4.78 is 6.60. The number of ether oxygens (including phenoxy) is 1. The van der Waals surface area contributed by atoms with Gasteiger partial charge in [-0.15, -0.1) is 0 Å². The zero-order valence-corrected chi connectivity index (χ0v) is 13.4. The largest absolute Gasteiger partial charge is 0.452 e. The van der Waals surface area contributed by atoms with Crippen molar-refractivity contribution in [2.75, 3.05) is 6.61 Å². The fourth-order valence-corrected chi connectivity index (χ4v) is 2.19. The first-order valence-electron chi connectivity index (χ1n) is 7.66. The lowest BCUT2D eigenvalue weighted by Gasteiger charge is -2.12. The van der Waals surface area contributed by atoms with E-state index in [4.69, 9.17) is 4.74 Å². The molecule has 1 unspecified atom stereocenters. The van der Waals surface area contributed by atoms with Gasteiger partial charge in [0.2, 0.25) is 0 Å². The minimum atomic E-state index is -0.564. The van der Waals surface area contributed by atoms with Crippen LogP contribution in [0.25, 0.3) is 5.69 Å². The van der Waals surface area contributed by atoms with Gasteiger partial charge in [-0.1, -0.05) is 31.5 Å². The Morgan fingerprint density at radius 3 is 2.74 bits per heavy atom. The van der Waals surface area contributed by atoms with Crippen LogP contribution >= 0.6 is 0 Å². The highest BCUT2D eigenvalue weighted by Crippen LogP contribution is 2.08. The third kappa shape index (κ3) is 4.95. The zero-order valence-electron chi connectivity index (χ0n) is 13.4. The van der Waals surface area contributed by atoms with E-state index < -0.39 is 5.97 Å². The second-order valence-electron chi connectivity index (χ2n) is 5.34. The molecule has 6 nitrogen and oxygen atoms in total. The van der Waals surface area contributed by atoms with Crippen LogP contribution in [0.1, 0.15) is 37.0 Å². The number of hydrogen-bond donors (Lipinski definition) is 1. The van der Waals surface area contributed by atoms with Crippen molar-refractivity contribution in [1.29, 1.82) is 0 Å². The van der Waals surface area contributed by atoms with Gasteiger partial charge in [0.15, 0.2) is 6.61 Å². The monoisotopic (exact) mass is 315 g/mol. The summed E-state index contributed by atoms with van der Waals surface area (Å²) in [7, 11) is 0. The molecular formula is C17H21N3O3. The van der Waals surface area contributed by atoms with Crippen LogP contribution < -0.4 is 5.32 Å². The summed E-state index contributed by atoms with van der Waals surface area (Å²) in [4.78, 5) is 23.6. The van der Waals surface area contributed by atoms with E-state index in [9.17, 15) is 9.59 Å². The Morgan fingerprint density at radius 2 is 2.04 bits per heavy atom. The van der Waals surface area contributed by atoms with Crippen LogP contribution in [0.2, 0.25) is 0 Å². The summed E-state index contributed by atoms with van der Waals surface area (Å²) in [6.07, 6.45) is 4.88. The lowest BCUT2D eigenvalue weighted by atomic mass is 10.2. The van der Waals surface area contributed by atoms with Crippen molar-refractivity contribution in [3.8, 4) is 5.69 Å². The molecule has 0 spiro atoms. The Bertz CT molecular complexity index is 652. The number of carbonyl (C=O) groups excluding carboxylic acids is 2. The predicted molar refractivity (Wildman–Crippen MR) is 86.4 cm³/mol. The zero-order chi connectivity index (χ0) is 16.7. The summed E-state index contributed by atoms with van der Waals surface area (Å²) >= 11 is 0. The highest BCUT2D eigenvalue weighted by Gasteiger charge is 2.14. The fraction of sp³-hybridized carbons (Fsp3) is 0.353. The highest BCUT2D eigenvalue weighted by molar-refractivity contribution is 5.90. The number of aromatic nitrogens is 2. The minimum Gasteiger partial charge on any atom is -0.452 e. The number of para-hydroxylation sites is 1. The molecule has 6 heteroatoms. The summed E-state index contributed by atoms with van der Waals surface area (Å²) in [6, 6.07) is 9.51. The number of amides is 1. The molecule has 1 N–H and O–H groups in total. The van der Waals surface area contributed by atoms with Crippen LogP contribution in [0.3, 0.4) is 0 Å². The van der Waals surface area contributed by atoms with E-state index in [0.29, 0.717) is 5.56 Å². The van der Waals surface area contributed by atoms with Gasteiger partial charge < -0.3 is 10.1 Å². The second kappa shape index (κ2) is 8.12. The van der Waals surface area contributed by atoms with Gasteiger partial charge in [-0.25, -0.2) is 9.48 Å². The summed E-state index contributed by atoms with van der Waals surface area (Å²) in [5.74, 6) is -0.861. The van der Waals surface area contributed by atoms with Gasteiger partial charge in [0.1, 0.15) is 0 Å². The third-order valence-electron chi connectivity index (χ3n) is 3.30. The van der Waals surface area contributed by atoms with Crippen molar-refractivity contribution in [2.24, 2.45) is 0 Å². The molecule has 23 heavy (non-hydrogen) atoms. The molecule has 122 valence electrons. The number of hydrogen-bond acceptors (Lipinski definition) is 4. The van der Waals surface area contributed by atoms with Crippen LogP contribution in [0.4, 0.5) is 0 Å². The molecule has 0 aliphatic heterocycles. The lowest BCUT2D eigenvalue weighted by Crippen LogP contribution is -2.35. The van der Waals surface area contributed by atoms with Gasteiger partial charge >= 0.3 is 5.97 Å². The van der Waals surface area contributed by atoms with Crippen molar-refractivity contribution in [3.05, 3.63) is 48.3 Å². The maximum Gasteiger partial charge on any atom is 0.341 e. The van der Waals surface area contributed by atoms with E-state index in [0.717, 1.165) is 18.5 Å². The van der Waals surface area contributed by atoms with Gasteiger partial charge in [-0.2, -0.15) is 5.10 Å². The number of nitrogens with zero attached hydrogens (tertiary/aromatic N) is 2. The molecule has 2 aromatic rings. The van der Waals surface area contributed by atoms with Crippen molar-refractivity contribution in [3.63, 3.8) is 0 Å². The molecule has 1 heterocycles.